The largest absolute Gasteiger partial charge is 0.364 e. The third-order valence-electron chi connectivity index (χ3n) is 2.65. The Hall–Kier alpha value is -1.84. The average Bonchev–Trinajstić information content (AvgIpc) is 2.39. The number of primary amides is 1. The number of halogens is 1. The maximum Gasteiger partial charge on any atom is 0.265 e. The highest BCUT2D eigenvalue weighted by Crippen LogP contribution is 2.24. The second-order valence-corrected chi connectivity index (χ2v) is 3.56. The predicted molar refractivity (Wildman–Crippen MR) is 56.1 cm³/mol. The van der Waals surface area contributed by atoms with Crippen LogP contribution in [0.4, 0.5) is 4.39 Å². The molecule has 0 fully saturated rings. The lowest BCUT2D eigenvalue weighted by atomic mass is 10.1. The molecule has 15 heavy (non-hydrogen) atoms. The molecule has 3 nitrogen and oxygen atoms in total. The average molecular weight is 206 g/mol. The molecule has 1 amide bonds. The van der Waals surface area contributed by atoms with E-state index in [-0.39, 0.29) is 5.82 Å². The molecule has 2 aromatic rings. The van der Waals surface area contributed by atoms with Crippen LogP contribution in [0.25, 0.3) is 10.9 Å². The van der Waals surface area contributed by atoms with Gasteiger partial charge in [-0.15, -0.1) is 0 Å². The molecule has 1 aromatic heterocycles. The fourth-order valence-corrected chi connectivity index (χ4v) is 1.95. The quantitative estimate of drug-likeness (QED) is 0.758. The highest BCUT2D eigenvalue weighted by atomic mass is 19.1. The Morgan fingerprint density at radius 1 is 1.47 bits per heavy atom. The van der Waals surface area contributed by atoms with Gasteiger partial charge in [-0.25, -0.2) is 4.39 Å². The number of fused-ring (bicyclic) bond motifs is 1. The van der Waals surface area contributed by atoms with Gasteiger partial charge in [0.1, 0.15) is 11.5 Å². The standard InChI is InChI=1S/C11H11FN2O/c1-6-8-5-7(12)3-4-9(8)14(2)10(6)11(13)15/h3-5H,1-2H3,(H2,13,15). The van der Waals surface area contributed by atoms with Crippen molar-refractivity contribution in [3.8, 4) is 0 Å². The Morgan fingerprint density at radius 3 is 2.73 bits per heavy atom. The van der Waals surface area contributed by atoms with Crippen LogP contribution in [-0.4, -0.2) is 10.5 Å². The zero-order chi connectivity index (χ0) is 11.2. The van der Waals surface area contributed by atoms with Gasteiger partial charge in [0.2, 0.25) is 0 Å². The van der Waals surface area contributed by atoms with E-state index in [1.165, 1.54) is 12.1 Å². The van der Waals surface area contributed by atoms with Crippen LogP contribution in [0.15, 0.2) is 18.2 Å². The third-order valence-corrected chi connectivity index (χ3v) is 2.65. The Bertz CT molecular complexity index is 557. The van der Waals surface area contributed by atoms with E-state index in [9.17, 15) is 9.18 Å². The molecule has 2 rings (SSSR count). The SMILES string of the molecule is Cc1c(C(N)=O)n(C)c2ccc(F)cc12. The Labute approximate surface area is 86.3 Å². The molecule has 0 aliphatic heterocycles. The topological polar surface area (TPSA) is 48.0 Å². The molecule has 0 radical (unpaired) electrons. The number of benzene rings is 1. The van der Waals surface area contributed by atoms with E-state index in [0.29, 0.717) is 5.69 Å². The number of hydrogen-bond donors (Lipinski definition) is 1. The summed E-state index contributed by atoms with van der Waals surface area (Å²) in [5.41, 5.74) is 7.22. The summed E-state index contributed by atoms with van der Waals surface area (Å²) in [6, 6.07) is 4.42. The van der Waals surface area contributed by atoms with Gasteiger partial charge in [0.15, 0.2) is 0 Å². The summed E-state index contributed by atoms with van der Waals surface area (Å²) in [5, 5.41) is 0.728. The molecule has 0 saturated carbocycles. The molecule has 0 saturated heterocycles. The summed E-state index contributed by atoms with van der Waals surface area (Å²) >= 11 is 0. The molecule has 0 unspecified atom stereocenters. The van der Waals surface area contributed by atoms with Crippen molar-refractivity contribution in [3.63, 3.8) is 0 Å². The van der Waals surface area contributed by atoms with Crippen LogP contribution in [-0.2, 0) is 7.05 Å². The Balaban J connectivity index is 2.91. The van der Waals surface area contributed by atoms with Crippen LogP contribution >= 0.6 is 0 Å². The zero-order valence-electron chi connectivity index (χ0n) is 8.54. The van der Waals surface area contributed by atoms with Gasteiger partial charge in [0.05, 0.1) is 0 Å². The lowest BCUT2D eigenvalue weighted by Gasteiger charge is -1.99. The van der Waals surface area contributed by atoms with E-state index < -0.39 is 5.91 Å². The highest BCUT2D eigenvalue weighted by molar-refractivity contribution is 6.00. The van der Waals surface area contributed by atoms with Crippen LogP contribution in [0.1, 0.15) is 16.1 Å². The van der Waals surface area contributed by atoms with E-state index >= 15 is 0 Å². The monoisotopic (exact) mass is 206 g/mol. The molecule has 0 spiro atoms. The molecule has 1 heterocycles. The summed E-state index contributed by atoms with van der Waals surface area (Å²) in [5.74, 6) is -0.807. The number of aromatic nitrogens is 1. The van der Waals surface area contributed by atoms with Crippen molar-refractivity contribution in [1.29, 1.82) is 0 Å². The summed E-state index contributed by atoms with van der Waals surface area (Å²) in [7, 11) is 1.74. The zero-order valence-corrected chi connectivity index (χ0v) is 8.54. The van der Waals surface area contributed by atoms with Gasteiger partial charge in [0.25, 0.3) is 5.91 Å². The first-order chi connectivity index (χ1) is 7.02. The van der Waals surface area contributed by atoms with Gasteiger partial charge >= 0.3 is 0 Å². The number of hydrogen-bond acceptors (Lipinski definition) is 1. The number of nitrogens with zero attached hydrogens (tertiary/aromatic N) is 1. The van der Waals surface area contributed by atoms with Crippen molar-refractivity contribution in [2.75, 3.05) is 0 Å². The van der Waals surface area contributed by atoms with Crippen LogP contribution in [0.5, 0.6) is 0 Å². The molecular formula is C11H11FN2O. The van der Waals surface area contributed by atoms with Gasteiger partial charge in [-0.1, -0.05) is 0 Å². The summed E-state index contributed by atoms with van der Waals surface area (Å²) < 4.78 is 14.7. The fourth-order valence-electron chi connectivity index (χ4n) is 1.95. The number of rotatable bonds is 1. The molecule has 0 atom stereocenters. The molecule has 0 aliphatic rings. The Morgan fingerprint density at radius 2 is 2.13 bits per heavy atom. The fraction of sp³-hybridized carbons (Fsp3) is 0.182. The molecular weight excluding hydrogens is 195 g/mol. The second-order valence-electron chi connectivity index (χ2n) is 3.56. The Kier molecular flexibility index (Phi) is 2.00. The smallest absolute Gasteiger partial charge is 0.265 e. The highest BCUT2D eigenvalue weighted by Gasteiger charge is 2.15. The van der Waals surface area contributed by atoms with E-state index in [2.05, 4.69) is 0 Å². The number of carbonyl (C=O) groups is 1. The van der Waals surface area contributed by atoms with Crippen LogP contribution in [0.2, 0.25) is 0 Å². The molecule has 0 aliphatic carbocycles. The van der Waals surface area contributed by atoms with Crippen LogP contribution < -0.4 is 5.73 Å². The second kappa shape index (κ2) is 3.08. The normalized spacial score (nSPS) is 10.9. The summed E-state index contributed by atoms with van der Waals surface area (Å²) in [4.78, 5) is 11.2. The first kappa shape index (κ1) is 9.71. The minimum absolute atomic E-state index is 0.313. The summed E-state index contributed by atoms with van der Waals surface area (Å²) in [6.45, 7) is 1.77. The maximum absolute atomic E-state index is 13.0. The van der Waals surface area contributed by atoms with Crippen molar-refractivity contribution in [2.24, 2.45) is 12.8 Å². The number of aryl methyl sites for hydroxylation is 2. The lowest BCUT2D eigenvalue weighted by Crippen LogP contribution is -2.16. The number of amides is 1. The molecule has 78 valence electrons. The molecule has 2 N–H and O–H groups in total. The van der Waals surface area contributed by atoms with Crippen molar-refractivity contribution < 1.29 is 9.18 Å². The predicted octanol–water partition coefficient (Wildman–Crippen LogP) is 1.72. The minimum atomic E-state index is -0.494. The lowest BCUT2D eigenvalue weighted by molar-refractivity contribution is 0.0992. The van der Waals surface area contributed by atoms with Gasteiger partial charge in [-0.3, -0.25) is 4.79 Å². The van der Waals surface area contributed by atoms with Crippen molar-refractivity contribution in [1.82, 2.24) is 4.57 Å². The number of nitrogens with two attached hydrogens (primary N) is 1. The van der Waals surface area contributed by atoms with Crippen LogP contribution in [0.3, 0.4) is 0 Å². The van der Waals surface area contributed by atoms with Crippen LogP contribution in [0, 0.1) is 12.7 Å². The van der Waals surface area contributed by atoms with Crippen molar-refractivity contribution in [3.05, 3.63) is 35.3 Å². The van der Waals surface area contributed by atoms with E-state index in [0.717, 1.165) is 16.5 Å². The van der Waals surface area contributed by atoms with E-state index in [1.54, 1.807) is 24.6 Å². The van der Waals surface area contributed by atoms with E-state index in [4.69, 9.17) is 5.73 Å². The van der Waals surface area contributed by atoms with Gasteiger partial charge < -0.3 is 10.3 Å². The van der Waals surface area contributed by atoms with Crippen molar-refractivity contribution >= 4 is 16.8 Å². The first-order valence-corrected chi connectivity index (χ1v) is 4.56. The first-order valence-electron chi connectivity index (χ1n) is 4.56. The third kappa shape index (κ3) is 1.29. The number of carbonyl (C=O) groups excluding carboxylic acids is 1. The van der Waals surface area contributed by atoms with E-state index in [1.807, 2.05) is 0 Å². The molecule has 4 heteroatoms. The van der Waals surface area contributed by atoms with Gasteiger partial charge in [-0.2, -0.15) is 0 Å². The van der Waals surface area contributed by atoms with Gasteiger partial charge in [0, 0.05) is 18.0 Å². The summed E-state index contributed by atoms with van der Waals surface area (Å²) in [6.07, 6.45) is 0. The molecule has 1 aromatic carbocycles. The van der Waals surface area contributed by atoms with Gasteiger partial charge in [-0.05, 0) is 30.7 Å². The minimum Gasteiger partial charge on any atom is -0.364 e. The van der Waals surface area contributed by atoms with Crippen molar-refractivity contribution in [2.45, 2.75) is 6.92 Å². The maximum atomic E-state index is 13.0. The molecule has 0 bridgehead atoms.